The maximum atomic E-state index is 5.79. The monoisotopic (exact) mass is 303 g/mol. The van der Waals surface area contributed by atoms with Crippen molar-refractivity contribution in [2.75, 3.05) is 7.11 Å². The second-order valence-corrected chi connectivity index (χ2v) is 5.55. The third kappa shape index (κ3) is 3.85. The van der Waals surface area contributed by atoms with E-state index in [1.54, 1.807) is 7.11 Å². The van der Waals surface area contributed by atoms with Gasteiger partial charge < -0.3 is 4.74 Å². The summed E-state index contributed by atoms with van der Waals surface area (Å²) in [6.45, 7) is 0. The van der Waals surface area contributed by atoms with Gasteiger partial charge in [-0.2, -0.15) is 0 Å². The third-order valence-electron chi connectivity index (χ3n) is 4.07. The molecule has 1 heterocycles. The van der Waals surface area contributed by atoms with Gasteiger partial charge in [0.2, 0.25) is 0 Å². The maximum Gasteiger partial charge on any atom is 0.0830 e. The zero-order valence-electron chi connectivity index (χ0n) is 13.4. The number of benzene rings is 2. The van der Waals surface area contributed by atoms with Gasteiger partial charge in [-0.25, -0.2) is 0 Å². The van der Waals surface area contributed by atoms with E-state index in [0.29, 0.717) is 0 Å². The first-order valence-corrected chi connectivity index (χ1v) is 7.95. The smallest absolute Gasteiger partial charge is 0.0830 e. The SMILES string of the molecule is CO[C@@H](CCc1ccccc1)c1ccccc1-c1ccccn1. The number of hydrogen-bond acceptors (Lipinski definition) is 2. The van der Waals surface area contributed by atoms with Crippen LogP contribution in [0.2, 0.25) is 0 Å². The second-order valence-electron chi connectivity index (χ2n) is 5.55. The highest BCUT2D eigenvalue weighted by atomic mass is 16.5. The zero-order chi connectivity index (χ0) is 15.9. The Balaban J connectivity index is 1.84. The van der Waals surface area contributed by atoms with E-state index in [1.807, 2.05) is 30.5 Å². The average Bonchev–Trinajstić information content (AvgIpc) is 2.64. The molecule has 23 heavy (non-hydrogen) atoms. The molecule has 3 rings (SSSR count). The van der Waals surface area contributed by atoms with Gasteiger partial charge in [-0.3, -0.25) is 4.98 Å². The molecule has 0 N–H and O–H groups in total. The summed E-state index contributed by atoms with van der Waals surface area (Å²) in [7, 11) is 1.78. The minimum atomic E-state index is 0.0633. The molecule has 1 aromatic heterocycles. The quantitative estimate of drug-likeness (QED) is 0.634. The largest absolute Gasteiger partial charge is 0.377 e. The summed E-state index contributed by atoms with van der Waals surface area (Å²) >= 11 is 0. The standard InChI is InChI=1S/C21H21NO/c1-23-21(15-14-17-9-3-2-4-10-17)19-12-6-5-11-18(19)20-13-7-8-16-22-20/h2-13,16,21H,14-15H2,1H3/t21-/m0/s1. The van der Waals surface area contributed by atoms with Gasteiger partial charge in [0, 0.05) is 18.9 Å². The summed E-state index contributed by atoms with van der Waals surface area (Å²) in [5.41, 5.74) is 4.67. The molecular formula is C21H21NO. The van der Waals surface area contributed by atoms with E-state index in [1.165, 1.54) is 11.1 Å². The molecule has 0 saturated carbocycles. The van der Waals surface area contributed by atoms with Gasteiger partial charge in [0.1, 0.15) is 0 Å². The fourth-order valence-corrected chi connectivity index (χ4v) is 2.88. The fraction of sp³-hybridized carbons (Fsp3) is 0.190. The molecular weight excluding hydrogens is 282 g/mol. The number of ether oxygens (including phenoxy) is 1. The van der Waals surface area contributed by atoms with E-state index in [9.17, 15) is 0 Å². The van der Waals surface area contributed by atoms with Crippen LogP contribution in [0.5, 0.6) is 0 Å². The van der Waals surface area contributed by atoms with Crippen LogP contribution in [0.4, 0.5) is 0 Å². The lowest BCUT2D eigenvalue weighted by Gasteiger charge is -2.19. The first kappa shape index (κ1) is 15.4. The van der Waals surface area contributed by atoms with Crippen LogP contribution in [0.1, 0.15) is 23.7 Å². The van der Waals surface area contributed by atoms with Crippen LogP contribution in [-0.4, -0.2) is 12.1 Å². The van der Waals surface area contributed by atoms with Gasteiger partial charge in [-0.15, -0.1) is 0 Å². The zero-order valence-corrected chi connectivity index (χ0v) is 13.4. The number of methoxy groups -OCH3 is 1. The van der Waals surface area contributed by atoms with Crippen LogP contribution in [0, 0.1) is 0 Å². The van der Waals surface area contributed by atoms with Crippen molar-refractivity contribution >= 4 is 0 Å². The summed E-state index contributed by atoms with van der Waals surface area (Å²) < 4.78 is 5.79. The molecule has 1 atom stereocenters. The molecule has 116 valence electrons. The Bertz CT molecular complexity index is 725. The van der Waals surface area contributed by atoms with Crippen LogP contribution in [-0.2, 0) is 11.2 Å². The van der Waals surface area contributed by atoms with E-state index in [2.05, 4.69) is 53.5 Å². The normalized spacial score (nSPS) is 12.0. The lowest BCUT2D eigenvalue weighted by molar-refractivity contribution is 0.0963. The molecule has 0 saturated heterocycles. The van der Waals surface area contributed by atoms with Crippen molar-refractivity contribution in [1.82, 2.24) is 4.98 Å². The Labute approximate surface area is 137 Å². The Morgan fingerprint density at radius 2 is 1.61 bits per heavy atom. The van der Waals surface area contributed by atoms with Crippen molar-refractivity contribution in [2.45, 2.75) is 18.9 Å². The lowest BCUT2D eigenvalue weighted by Crippen LogP contribution is -2.05. The second kappa shape index (κ2) is 7.70. The van der Waals surface area contributed by atoms with Gasteiger partial charge in [0.15, 0.2) is 0 Å². The Morgan fingerprint density at radius 1 is 0.870 bits per heavy atom. The van der Waals surface area contributed by atoms with Crippen molar-refractivity contribution in [3.63, 3.8) is 0 Å². The maximum absolute atomic E-state index is 5.79. The van der Waals surface area contributed by atoms with Gasteiger partial charge in [0.25, 0.3) is 0 Å². The average molecular weight is 303 g/mol. The molecule has 0 spiro atoms. The van der Waals surface area contributed by atoms with E-state index < -0.39 is 0 Å². The van der Waals surface area contributed by atoms with Gasteiger partial charge in [-0.1, -0.05) is 60.7 Å². The minimum absolute atomic E-state index is 0.0633. The molecule has 0 fully saturated rings. The van der Waals surface area contributed by atoms with Gasteiger partial charge in [-0.05, 0) is 36.1 Å². The molecule has 3 aromatic rings. The Hall–Kier alpha value is -2.45. The van der Waals surface area contributed by atoms with E-state index in [0.717, 1.165) is 24.1 Å². The van der Waals surface area contributed by atoms with Gasteiger partial charge in [0.05, 0.1) is 11.8 Å². The summed E-state index contributed by atoms with van der Waals surface area (Å²) in [5, 5.41) is 0. The number of nitrogens with zero attached hydrogens (tertiary/aromatic N) is 1. The Morgan fingerprint density at radius 3 is 2.35 bits per heavy atom. The van der Waals surface area contributed by atoms with E-state index >= 15 is 0 Å². The summed E-state index contributed by atoms with van der Waals surface area (Å²) in [4.78, 5) is 4.49. The molecule has 0 aliphatic heterocycles. The van der Waals surface area contributed by atoms with Crippen molar-refractivity contribution in [3.8, 4) is 11.3 Å². The summed E-state index contributed by atoms with van der Waals surface area (Å²) in [5.74, 6) is 0. The molecule has 2 heteroatoms. The molecule has 2 aromatic carbocycles. The molecule has 0 radical (unpaired) electrons. The predicted octanol–water partition coefficient (Wildman–Crippen LogP) is 5.07. The third-order valence-corrected chi connectivity index (χ3v) is 4.07. The first-order valence-electron chi connectivity index (χ1n) is 7.95. The highest BCUT2D eigenvalue weighted by Crippen LogP contribution is 2.31. The number of aromatic nitrogens is 1. The van der Waals surface area contributed by atoms with Crippen molar-refractivity contribution in [2.24, 2.45) is 0 Å². The lowest BCUT2D eigenvalue weighted by atomic mass is 9.95. The van der Waals surface area contributed by atoms with Crippen molar-refractivity contribution < 1.29 is 4.74 Å². The molecule has 2 nitrogen and oxygen atoms in total. The predicted molar refractivity (Wildman–Crippen MR) is 94.2 cm³/mol. The highest BCUT2D eigenvalue weighted by Gasteiger charge is 2.16. The van der Waals surface area contributed by atoms with E-state index in [-0.39, 0.29) is 6.10 Å². The minimum Gasteiger partial charge on any atom is -0.377 e. The summed E-state index contributed by atoms with van der Waals surface area (Å²) in [6, 6.07) is 24.9. The summed E-state index contributed by atoms with van der Waals surface area (Å²) in [6.07, 6.45) is 3.84. The fourth-order valence-electron chi connectivity index (χ4n) is 2.88. The van der Waals surface area contributed by atoms with Crippen LogP contribution >= 0.6 is 0 Å². The van der Waals surface area contributed by atoms with Crippen molar-refractivity contribution in [1.29, 1.82) is 0 Å². The molecule has 0 unspecified atom stereocenters. The number of pyridine rings is 1. The number of rotatable bonds is 6. The van der Waals surface area contributed by atoms with Crippen LogP contribution in [0.3, 0.4) is 0 Å². The van der Waals surface area contributed by atoms with Gasteiger partial charge >= 0.3 is 0 Å². The highest BCUT2D eigenvalue weighted by molar-refractivity contribution is 5.64. The van der Waals surface area contributed by atoms with Crippen molar-refractivity contribution in [3.05, 3.63) is 90.1 Å². The van der Waals surface area contributed by atoms with E-state index in [4.69, 9.17) is 4.74 Å². The molecule has 0 aliphatic carbocycles. The number of aryl methyl sites for hydroxylation is 1. The molecule has 0 aliphatic rings. The van der Waals surface area contributed by atoms with Crippen LogP contribution in [0.25, 0.3) is 11.3 Å². The molecule has 0 bridgehead atoms. The Kier molecular flexibility index (Phi) is 5.17. The number of hydrogen-bond donors (Lipinski definition) is 0. The van der Waals surface area contributed by atoms with Crippen LogP contribution < -0.4 is 0 Å². The first-order chi connectivity index (χ1) is 11.4. The topological polar surface area (TPSA) is 22.1 Å². The van der Waals surface area contributed by atoms with Crippen LogP contribution in [0.15, 0.2) is 79.0 Å². The molecule has 0 amide bonds.